The van der Waals surface area contributed by atoms with Gasteiger partial charge in [0.1, 0.15) is 0 Å². The van der Waals surface area contributed by atoms with E-state index < -0.39 is 5.97 Å². The maximum atomic E-state index is 10.7. The zero-order valence-corrected chi connectivity index (χ0v) is 8.85. The fraction of sp³-hybridized carbons (Fsp3) is 0.583. The molecule has 2 atom stereocenters. The van der Waals surface area contributed by atoms with E-state index in [2.05, 4.69) is 23.6 Å². The van der Waals surface area contributed by atoms with Gasteiger partial charge in [-0.05, 0) is 24.7 Å². The van der Waals surface area contributed by atoms with Crippen LogP contribution in [0, 0.1) is 11.8 Å². The minimum absolute atomic E-state index is 0.307. The molecule has 0 aromatic carbocycles. The van der Waals surface area contributed by atoms with Crippen LogP contribution in [0.15, 0.2) is 24.3 Å². The van der Waals surface area contributed by atoms with E-state index in [1.807, 2.05) is 0 Å². The number of hydrogen-bond donors (Lipinski definition) is 1. The third-order valence-electron chi connectivity index (χ3n) is 3.41. The first-order valence-corrected chi connectivity index (χ1v) is 5.45. The number of likely N-dealkylation sites (tertiary alicyclic amines) is 1. The second-order valence-corrected chi connectivity index (χ2v) is 4.57. The molecule has 1 aliphatic heterocycles. The Labute approximate surface area is 90.1 Å². The molecule has 0 amide bonds. The van der Waals surface area contributed by atoms with Crippen LogP contribution in [0.2, 0.25) is 0 Å². The number of aliphatic carboxylic acids is 1. The summed E-state index contributed by atoms with van der Waals surface area (Å²) in [6.07, 6.45) is 6.80. The van der Waals surface area contributed by atoms with Crippen molar-refractivity contribution in [1.29, 1.82) is 0 Å². The Morgan fingerprint density at radius 1 is 1.33 bits per heavy atom. The second-order valence-electron chi connectivity index (χ2n) is 4.57. The molecule has 1 aliphatic carbocycles. The molecule has 15 heavy (non-hydrogen) atoms. The van der Waals surface area contributed by atoms with Crippen LogP contribution in [0.4, 0.5) is 0 Å². The summed E-state index contributed by atoms with van der Waals surface area (Å²) >= 11 is 0. The quantitative estimate of drug-likeness (QED) is 0.563. The number of carbonyl (C=O) groups is 1. The second kappa shape index (κ2) is 4.19. The van der Waals surface area contributed by atoms with Gasteiger partial charge in [0, 0.05) is 25.2 Å². The Bertz CT molecular complexity index is 293. The molecule has 1 saturated heterocycles. The van der Waals surface area contributed by atoms with E-state index in [4.69, 9.17) is 5.11 Å². The van der Waals surface area contributed by atoms with Crippen molar-refractivity contribution in [3.8, 4) is 0 Å². The van der Waals surface area contributed by atoms with E-state index in [-0.39, 0.29) is 0 Å². The van der Waals surface area contributed by atoms with Crippen LogP contribution < -0.4 is 0 Å². The molecule has 0 aromatic heterocycles. The molecule has 0 saturated carbocycles. The average molecular weight is 207 g/mol. The number of nitrogens with zero attached hydrogens (tertiary/aromatic N) is 1. The summed E-state index contributed by atoms with van der Waals surface area (Å²) in [4.78, 5) is 12.9. The van der Waals surface area contributed by atoms with Crippen LogP contribution in [0.1, 0.15) is 12.8 Å². The van der Waals surface area contributed by atoms with Crippen molar-refractivity contribution in [2.24, 2.45) is 11.8 Å². The Morgan fingerprint density at radius 2 is 1.87 bits per heavy atom. The molecule has 2 rings (SSSR count). The number of carboxylic acids is 1. The molecule has 0 aromatic rings. The maximum absolute atomic E-state index is 10.7. The number of hydrogen-bond acceptors (Lipinski definition) is 2. The van der Waals surface area contributed by atoms with Crippen molar-refractivity contribution in [2.75, 3.05) is 19.6 Å². The van der Waals surface area contributed by atoms with E-state index in [1.165, 1.54) is 0 Å². The molecule has 0 spiro atoms. The fourth-order valence-corrected chi connectivity index (χ4v) is 2.58. The van der Waals surface area contributed by atoms with E-state index >= 15 is 0 Å². The monoisotopic (exact) mass is 207 g/mol. The highest BCUT2D eigenvalue weighted by atomic mass is 16.4. The van der Waals surface area contributed by atoms with Crippen LogP contribution >= 0.6 is 0 Å². The molecule has 82 valence electrons. The summed E-state index contributed by atoms with van der Waals surface area (Å²) in [5.74, 6) is 0.594. The van der Waals surface area contributed by atoms with Crippen molar-refractivity contribution in [3.05, 3.63) is 24.3 Å². The first-order valence-electron chi connectivity index (χ1n) is 5.45. The van der Waals surface area contributed by atoms with Gasteiger partial charge in [-0.1, -0.05) is 18.7 Å². The van der Waals surface area contributed by atoms with Crippen LogP contribution in [-0.4, -0.2) is 35.6 Å². The topological polar surface area (TPSA) is 40.5 Å². The molecular weight excluding hydrogens is 190 g/mol. The third kappa shape index (κ3) is 2.29. The Kier molecular flexibility index (Phi) is 2.91. The Balaban J connectivity index is 1.88. The van der Waals surface area contributed by atoms with E-state index in [1.54, 1.807) is 0 Å². The average Bonchev–Trinajstić information content (AvgIpc) is 2.59. The van der Waals surface area contributed by atoms with E-state index in [0.717, 1.165) is 37.8 Å². The highest BCUT2D eigenvalue weighted by Gasteiger charge is 2.32. The molecule has 1 fully saturated rings. The van der Waals surface area contributed by atoms with Gasteiger partial charge in [-0.2, -0.15) is 0 Å². The lowest BCUT2D eigenvalue weighted by Gasteiger charge is -2.18. The summed E-state index contributed by atoms with van der Waals surface area (Å²) in [7, 11) is 0. The summed E-state index contributed by atoms with van der Waals surface area (Å²) in [5, 5.41) is 8.76. The van der Waals surface area contributed by atoms with Crippen molar-refractivity contribution < 1.29 is 9.90 Å². The minimum Gasteiger partial charge on any atom is -0.478 e. The normalized spacial score (nSPS) is 30.1. The van der Waals surface area contributed by atoms with Gasteiger partial charge in [0.2, 0.25) is 0 Å². The van der Waals surface area contributed by atoms with Crippen molar-refractivity contribution >= 4 is 5.97 Å². The van der Waals surface area contributed by atoms with Gasteiger partial charge in [0.15, 0.2) is 0 Å². The SMILES string of the molecule is C=C(CN1C[C@H]2CC=CC[C@H]2C1)C(=O)O. The smallest absolute Gasteiger partial charge is 0.332 e. The first-order chi connectivity index (χ1) is 7.16. The summed E-state index contributed by atoms with van der Waals surface area (Å²) < 4.78 is 0. The van der Waals surface area contributed by atoms with Gasteiger partial charge >= 0.3 is 5.97 Å². The number of fused-ring (bicyclic) bond motifs is 1. The minimum atomic E-state index is -0.872. The highest BCUT2D eigenvalue weighted by Crippen LogP contribution is 2.32. The summed E-state index contributed by atoms with van der Waals surface area (Å²) in [6, 6.07) is 0. The molecular formula is C12H17NO2. The lowest BCUT2D eigenvalue weighted by Crippen LogP contribution is -2.25. The van der Waals surface area contributed by atoms with E-state index in [9.17, 15) is 4.79 Å². The van der Waals surface area contributed by atoms with Crippen LogP contribution in [0.5, 0.6) is 0 Å². The first kappa shape index (κ1) is 10.4. The molecule has 0 radical (unpaired) electrons. The van der Waals surface area contributed by atoms with Gasteiger partial charge in [-0.15, -0.1) is 0 Å². The van der Waals surface area contributed by atoms with Gasteiger partial charge in [-0.3, -0.25) is 4.90 Å². The van der Waals surface area contributed by atoms with Crippen LogP contribution in [0.3, 0.4) is 0 Å². The third-order valence-corrected chi connectivity index (χ3v) is 3.41. The maximum Gasteiger partial charge on any atom is 0.332 e. The zero-order valence-electron chi connectivity index (χ0n) is 8.85. The van der Waals surface area contributed by atoms with Gasteiger partial charge in [0.05, 0.1) is 0 Å². The standard InChI is InChI=1S/C12H17NO2/c1-9(12(14)15)6-13-7-10-4-2-3-5-11(10)8-13/h2-3,10-11H,1,4-8H2,(H,14,15)/t10-,11+. The van der Waals surface area contributed by atoms with Gasteiger partial charge in [0.25, 0.3) is 0 Å². The molecule has 3 heteroatoms. The molecule has 3 nitrogen and oxygen atoms in total. The van der Waals surface area contributed by atoms with Crippen molar-refractivity contribution in [1.82, 2.24) is 4.90 Å². The highest BCUT2D eigenvalue weighted by molar-refractivity contribution is 5.86. The zero-order chi connectivity index (χ0) is 10.8. The molecule has 2 aliphatic rings. The summed E-state index contributed by atoms with van der Waals surface area (Å²) in [6.45, 7) is 6.15. The lowest BCUT2D eigenvalue weighted by atomic mass is 9.86. The Morgan fingerprint density at radius 3 is 2.33 bits per heavy atom. The Hall–Kier alpha value is -1.09. The largest absolute Gasteiger partial charge is 0.478 e. The predicted octanol–water partition coefficient (Wildman–Crippen LogP) is 1.53. The van der Waals surface area contributed by atoms with Gasteiger partial charge in [-0.25, -0.2) is 4.79 Å². The lowest BCUT2D eigenvalue weighted by molar-refractivity contribution is -0.132. The van der Waals surface area contributed by atoms with Crippen LogP contribution in [-0.2, 0) is 4.79 Å². The van der Waals surface area contributed by atoms with Crippen molar-refractivity contribution in [2.45, 2.75) is 12.8 Å². The predicted molar refractivity (Wildman–Crippen MR) is 58.6 cm³/mol. The van der Waals surface area contributed by atoms with Crippen molar-refractivity contribution in [3.63, 3.8) is 0 Å². The van der Waals surface area contributed by atoms with E-state index in [0.29, 0.717) is 12.1 Å². The fourth-order valence-electron chi connectivity index (χ4n) is 2.58. The summed E-state index contributed by atoms with van der Waals surface area (Å²) in [5.41, 5.74) is 0.307. The molecule has 1 N–H and O–H groups in total. The number of rotatable bonds is 3. The number of allylic oxidation sites excluding steroid dienone is 2. The number of carboxylic acid groups (broad SMARTS) is 1. The van der Waals surface area contributed by atoms with Gasteiger partial charge < -0.3 is 5.11 Å². The molecule has 0 bridgehead atoms. The molecule has 0 unspecified atom stereocenters. The van der Waals surface area contributed by atoms with Crippen LogP contribution in [0.25, 0.3) is 0 Å². The molecule has 1 heterocycles.